The lowest BCUT2D eigenvalue weighted by Crippen LogP contribution is -2.23. The molecule has 1 aromatic heterocycles. The largest absolute Gasteiger partial charge is 0.391 e. The van der Waals surface area contributed by atoms with E-state index in [1.165, 1.54) is 5.56 Å². The van der Waals surface area contributed by atoms with Gasteiger partial charge in [-0.1, -0.05) is 43.3 Å². The van der Waals surface area contributed by atoms with Crippen molar-refractivity contribution in [1.29, 1.82) is 0 Å². The number of aliphatic hydroxyl groups excluding tert-OH is 1. The normalized spacial score (nSPS) is 14.6. The zero-order valence-electron chi connectivity index (χ0n) is 11.4. The van der Waals surface area contributed by atoms with Crippen LogP contribution in [0.4, 0.5) is 0 Å². The summed E-state index contributed by atoms with van der Waals surface area (Å²) in [7, 11) is 0. The van der Waals surface area contributed by atoms with Gasteiger partial charge in [0.2, 0.25) is 11.7 Å². The zero-order chi connectivity index (χ0) is 14.0. The monoisotopic (exact) mass is 261 g/mol. The summed E-state index contributed by atoms with van der Waals surface area (Å²) in [6.45, 7) is 5.87. The first-order chi connectivity index (χ1) is 8.99. The van der Waals surface area contributed by atoms with E-state index >= 15 is 0 Å². The summed E-state index contributed by atoms with van der Waals surface area (Å²) in [5, 5.41) is 13.3. The molecule has 0 aliphatic carbocycles. The van der Waals surface area contributed by atoms with Gasteiger partial charge in [-0.15, -0.1) is 0 Å². The van der Waals surface area contributed by atoms with Crippen LogP contribution in [0.1, 0.15) is 44.2 Å². The van der Waals surface area contributed by atoms with E-state index in [2.05, 4.69) is 24.0 Å². The second-order valence-electron chi connectivity index (χ2n) is 5.00. The summed E-state index contributed by atoms with van der Waals surface area (Å²) in [4.78, 5) is 4.21. The second-order valence-corrected chi connectivity index (χ2v) is 5.00. The highest BCUT2D eigenvalue weighted by Crippen LogP contribution is 2.22. The van der Waals surface area contributed by atoms with E-state index in [1.54, 1.807) is 6.92 Å². The molecular formula is C14H19N3O2. The Morgan fingerprint density at radius 1 is 1.16 bits per heavy atom. The third-order valence-corrected chi connectivity index (χ3v) is 3.08. The maximum atomic E-state index is 9.40. The molecule has 0 radical (unpaired) electrons. The molecule has 19 heavy (non-hydrogen) atoms. The van der Waals surface area contributed by atoms with E-state index in [-0.39, 0.29) is 5.89 Å². The lowest BCUT2D eigenvalue weighted by atomic mass is 10.0. The predicted molar refractivity (Wildman–Crippen MR) is 72.4 cm³/mol. The van der Waals surface area contributed by atoms with Gasteiger partial charge in [0.05, 0.1) is 6.10 Å². The van der Waals surface area contributed by atoms with Crippen molar-refractivity contribution in [3.8, 4) is 11.4 Å². The summed E-state index contributed by atoms with van der Waals surface area (Å²) < 4.78 is 5.07. The van der Waals surface area contributed by atoms with Crippen LogP contribution < -0.4 is 5.73 Å². The molecule has 5 heteroatoms. The van der Waals surface area contributed by atoms with Crippen molar-refractivity contribution in [2.24, 2.45) is 5.73 Å². The lowest BCUT2D eigenvalue weighted by molar-refractivity contribution is 0.146. The van der Waals surface area contributed by atoms with Crippen LogP contribution in [0, 0.1) is 0 Å². The first-order valence-corrected chi connectivity index (χ1v) is 6.36. The van der Waals surface area contributed by atoms with Crippen LogP contribution in [0.2, 0.25) is 0 Å². The third-order valence-electron chi connectivity index (χ3n) is 3.08. The van der Waals surface area contributed by atoms with Gasteiger partial charge in [-0.05, 0) is 18.4 Å². The molecule has 1 aromatic carbocycles. The highest BCUT2D eigenvalue weighted by atomic mass is 16.5. The zero-order valence-corrected chi connectivity index (χ0v) is 11.4. The van der Waals surface area contributed by atoms with E-state index in [9.17, 15) is 5.11 Å². The summed E-state index contributed by atoms with van der Waals surface area (Å²) >= 11 is 0. The molecule has 0 fully saturated rings. The van der Waals surface area contributed by atoms with Crippen molar-refractivity contribution < 1.29 is 9.63 Å². The van der Waals surface area contributed by atoms with Crippen molar-refractivity contribution in [1.82, 2.24) is 10.1 Å². The van der Waals surface area contributed by atoms with Crippen LogP contribution in [0.25, 0.3) is 11.4 Å². The van der Waals surface area contributed by atoms with Crippen molar-refractivity contribution in [2.45, 2.75) is 38.8 Å². The van der Waals surface area contributed by atoms with Gasteiger partial charge < -0.3 is 15.4 Å². The standard InChI is InChI=1S/C14H19N3O2/c1-8(2)10-4-6-11(7-5-10)13-16-14(19-17-13)12(15)9(3)18/h4-9,12,18H,15H2,1-3H3. The highest BCUT2D eigenvalue weighted by Gasteiger charge is 2.19. The van der Waals surface area contributed by atoms with Gasteiger partial charge in [0.15, 0.2) is 0 Å². The SMILES string of the molecule is CC(C)c1ccc(-c2noc(C(N)C(C)O)n2)cc1. The summed E-state index contributed by atoms with van der Waals surface area (Å²) in [6, 6.07) is 7.35. The number of hydrogen-bond acceptors (Lipinski definition) is 5. The molecule has 2 atom stereocenters. The first kappa shape index (κ1) is 13.7. The van der Waals surface area contributed by atoms with Crippen LogP contribution in [0.3, 0.4) is 0 Å². The molecular weight excluding hydrogens is 242 g/mol. The molecule has 0 bridgehead atoms. The van der Waals surface area contributed by atoms with E-state index < -0.39 is 12.1 Å². The van der Waals surface area contributed by atoms with Crippen LogP contribution in [0.15, 0.2) is 28.8 Å². The number of rotatable bonds is 4. The number of aromatic nitrogens is 2. The third kappa shape index (κ3) is 3.00. The van der Waals surface area contributed by atoms with Crippen LogP contribution in [-0.2, 0) is 0 Å². The van der Waals surface area contributed by atoms with Crippen molar-refractivity contribution in [2.75, 3.05) is 0 Å². The maximum absolute atomic E-state index is 9.40. The molecule has 2 rings (SSSR count). The molecule has 2 unspecified atom stereocenters. The molecule has 102 valence electrons. The van der Waals surface area contributed by atoms with E-state index in [0.717, 1.165) is 5.56 Å². The first-order valence-electron chi connectivity index (χ1n) is 6.36. The number of nitrogens with zero attached hydrogens (tertiary/aromatic N) is 2. The summed E-state index contributed by atoms with van der Waals surface area (Å²) in [5.41, 5.74) is 7.88. The molecule has 0 saturated heterocycles. The molecule has 0 amide bonds. The van der Waals surface area contributed by atoms with Crippen LogP contribution in [0.5, 0.6) is 0 Å². The minimum Gasteiger partial charge on any atom is -0.391 e. The number of nitrogens with two attached hydrogens (primary N) is 1. The van der Waals surface area contributed by atoms with E-state index in [1.807, 2.05) is 24.3 Å². The van der Waals surface area contributed by atoms with Gasteiger partial charge in [0.1, 0.15) is 6.04 Å². The predicted octanol–water partition coefficient (Wildman–Crippen LogP) is 2.24. The molecule has 3 N–H and O–H groups in total. The minimum atomic E-state index is -0.725. The van der Waals surface area contributed by atoms with Gasteiger partial charge in [0.25, 0.3) is 0 Å². The molecule has 2 aromatic rings. The van der Waals surface area contributed by atoms with Crippen LogP contribution >= 0.6 is 0 Å². The minimum absolute atomic E-state index is 0.248. The molecule has 0 aliphatic rings. The highest BCUT2D eigenvalue weighted by molar-refractivity contribution is 5.54. The molecule has 0 aliphatic heterocycles. The Morgan fingerprint density at radius 3 is 2.32 bits per heavy atom. The van der Waals surface area contributed by atoms with Gasteiger partial charge in [-0.25, -0.2) is 0 Å². The Hall–Kier alpha value is -1.72. The van der Waals surface area contributed by atoms with Gasteiger partial charge in [-0.2, -0.15) is 4.98 Å². The van der Waals surface area contributed by atoms with Gasteiger partial charge in [-0.3, -0.25) is 0 Å². The average Bonchev–Trinajstić information content (AvgIpc) is 2.87. The Balaban J connectivity index is 2.23. The molecule has 1 heterocycles. The molecule has 0 spiro atoms. The lowest BCUT2D eigenvalue weighted by Gasteiger charge is -2.08. The Kier molecular flexibility index (Phi) is 3.97. The quantitative estimate of drug-likeness (QED) is 0.881. The fraction of sp³-hybridized carbons (Fsp3) is 0.429. The van der Waals surface area contributed by atoms with Crippen LogP contribution in [-0.4, -0.2) is 21.4 Å². The summed E-state index contributed by atoms with van der Waals surface area (Å²) in [6.07, 6.45) is -0.725. The Labute approximate surface area is 112 Å². The topological polar surface area (TPSA) is 85.2 Å². The fourth-order valence-electron chi connectivity index (χ4n) is 1.71. The number of hydrogen-bond donors (Lipinski definition) is 2. The second kappa shape index (κ2) is 5.50. The van der Waals surface area contributed by atoms with Crippen molar-refractivity contribution >= 4 is 0 Å². The maximum Gasteiger partial charge on any atom is 0.246 e. The Morgan fingerprint density at radius 2 is 1.79 bits per heavy atom. The molecule has 0 saturated carbocycles. The van der Waals surface area contributed by atoms with E-state index in [0.29, 0.717) is 11.7 Å². The van der Waals surface area contributed by atoms with Gasteiger partial charge in [0, 0.05) is 5.56 Å². The smallest absolute Gasteiger partial charge is 0.246 e. The Bertz CT molecular complexity index is 532. The van der Waals surface area contributed by atoms with Gasteiger partial charge >= 0.3 is 0 Å². The number of benzene rings is 1. The van der Waals surface area contributed by atoms with Crippen molar-refractivity contribution in [3.63, 3.8) is 0 Å². The summed E-state index contributed by atoms with van der Waals surface area (Å²) in [5.74, 6) is 1.22. The van der Waals surface area contributed by atoms with E-state index in [4.69, 9.17) is 10.3 Å². The van der Waals surface area contributed by atoms with Crippen molar-refractivity contribution in [3.05, 3.63) is 35.7 Å². The molecule has 5 nitrogen and oxygen atoms in total. The average molecular weight is 261 g/mol. The number of aliphatic hydroxyl groups is 1. The fourth-order valence-corrected chi connectivity index (χ4v) is 1.71.